The molecule has 9 heteroatoms. The Morgan fingerprint density at radius 3 is 2.51 bits per heavy atom. The number of aromatic hydroxyl groups is 2. The van der Waals surface area contributed by atoms with Crippen LogP contribution in [0.4, 0.5) is 0 Å². The van der Waals surface area contributed by atoms with Gasteiger partial charge >= 0.3 is 0 Å². The number of hydrogen-bond donors (Lipinski definition) is 2. The highest BCUT2D eigenvalue weighted by Gasteiger charge is 2.24. The number of fused-ring (bicyclic) bond motifs is 5. The second kappa shape index (κ2) is 8.91. The number of para-hydroxylation sites is 1. The van der Waals surface area contributed by atoms with Crippen LogP contribution in [0.1, 0.15) is 5.56 Å². The predicted octanol–water partition coefficient (Wildman–Crippen LogP) is 5.24. The third-order valence-electron chi connectivity index (χ3n) is 6.84. The number of pyridine rings is 1. The predicted molar refractivity (Wildman–Crippen MR) is 139 cm³/mol. The first-order valence-corrected chi connectivity index (χ1v) is 12.3. The summed E-state index contributed by atoms with van der Waals surface area (Å²) in [5, 5.41) is 25.9. The van der Waals surface area contributed by atoms with E-state index in [1.807, 2.05) is 30.3 Å². The summed E-state index contributed by atoms with van der Waals surface area (Å²) in [6.45, 7) is 4.71. The van der Waals surface area contributed by atoms with Crippen LogP contribution in [0.5, 0.6) is 11.8 Å². The third-order valence-corrected chi connectivity index (χ3v) is 7.44. The first kappa shape index (κ1) is 22.5. The zero-order valence-electron chi connectivity index (χ0n) is 18.9. The summed E-state index contributed by atoms with van der Waals surface area (Å²) in [7, 11) is 0. The van der Waals surface area contributed by atoms with Crippen LogP contribution >= 0.6 is 23.2 Å². The molecule has 0 saturated carbocycles. The first-order valence-electron chi connectivity index (χ1n) is 11.6. The Hall–Kier alpha value is -2.97. The van der Waals surface area contributed by atoms with Gasteiger partial charge in [-0.15, -0.1) is 0 Å². The Bertz CT molecular complexity index is 1570. The van der Waals surface area contributed by atoms with Crippen molar-refractivity contribution in [2.45, 2.75) is 13.1 Å². The molecule has 0 spiro atoms. The summed E-state index contributed by atoms with van der Waals surface area (Å²) in [5.74, 6) is -0.00470. The van der Waals surface area contributed by atoms with Crippen molar-refractivity contribution in [1.29, 1.82) is 0 Å². The number of morpholine rings is 1. The Morgan fingerprint density at radius 1 is 0.886 bits per heavy atom. The van der Waals surface area contributed by atoms with Gasteiger partial charge in [0.25, 0.3) is 0 Å². The maximum atomic E-state index is 11.3. The van der Waals surface area contributed by atoms with Crippen molar-refractivity contribution in [3.8, 4) is 11.8 Å². The van der Waals surface area contributed by atoms with E-state index in [0.29, 0.717) is 53.8 Å². The molecule has 0 aliphatic carbocycles. The van der Waals surface area contributed by atoms with E-state index in [1.54, 1.807) is 22.9 Å². The molecule has 2 aromatic carbocycles. The highest BCUT2D eigenvalue weighted by Crippen LogP contribution is 2.43. The molecule has 0 unspecified atom stereocenters. The van der Waals surface area contributed by atoms with E-state index in [0.717, 1.165) is 40.5 Å². The fourth-order valence-corrected chi connectivity index (χ4v) is 5.43. The van der Waals surface area contributed by atoms with E-state index in [2.05, 4.69) is 14.5 Å². The molecule has 1 fully saturated rings. The van der Waals surface area contributed by atoms with Crippen LogP contribution in [0.15, 0.2) is 48.7 Å². The summed E-state index contributed by atoms with van der Waals surface area (Å²) < 4.78 is 9.09. The molecule has 35 heavy (non-hydrogen) atoms. The molecule has 0 amide bonds. The fraction of sp³-hybridized carbons (Fsp3) is 0.269. The largest absolute Gasteiger partial charge is 0.494 e. The highest BCUT2D eigenvalue weighted by atomic mass is 35.5. The first-order chi connectivity index (χ1) is 17.0. The topological polar surface area (TPSA) is 75.7 Å². The lowest BCUT2D eigenvalue weighted by Crippen LogP contribution is -2.38. The fourth-order valence-electron chi connectivity index (χ4n) is 5.06. The Kier molecular flexibility index (Phi) is 5.73. The molecule has 0 radical (unpaired) electrons. The van der Waals surface area contributed by atoms with Gasteiger partial charge < -0.3 is 19.5 Å². The second-order valence-corrected chi connectivity index (χ2v) is 9.68. The zero-order chi connectivity index (χ0) is 24.1. The van der Waals surface area contributed by atoms with Crippen molar-refractivity contribution in [1.82, 2.24) is 19.0 Å². The van der Waals surface area contributed by atoms with Crippen molar-refractivity contribution in [3.05, 3.63) is 64.3 Å². The van der Waals surface area contributed by atoms with Crippen molar-refractivity contribution in [2.75, 3.05) is 32.8 Å². The molecule has 0 atom stereocenters. The monoisotopic (exact) mass is 510 g/mol. The number of benzene rings is 2. The average Bonchev–Trinajstić information content (AvgIpc) is 3.32. The molecule has 2 N–H and O–H groups in total. The molecule has 1 aliphatic rings. The SMILES string of the molecule is Oc1c2ncc3c(c4ccccc4n3Cc3cc(Cl)ccc3Cl)c2c(O)n1CCN1CCOCC1. The van der Waals surface area contributed by atoms with Crippen LogP contribution in [0, 0.1) is 0 Å². The minimum absolute atomic E-state index is 0.0209. The molecule has 0 bridgehead atoms. The normalized spacial score (nSPS) is 15.0. The summed E-state index contributed by atoms with van der Waals surface area (Å²) in [5.41, 5.74) is 3.10. The van der Waals surface area contributed by atoms with Gasteiger partial charge in [0, 0.05) is 59.1 Å². The van der Waals surface area contributed by atoms with Gasteiger partial charge in [0.05, 0.1) is 30.3 Å². The van der Waals surface area contributed by atoms with Crippen molar-refractivity contribution < 1.29 is 14.9 Å². The quantitative estimate of drug-likeness (QED) is 0.338. The van der Waals surface area contributed by atoms with Crippen LogP contribution in [0.3, 0.4) is 0 Å². The van der Waals surface area contributed by atoms with E-state index in [1.165, 1.54) is 0 Å². The van der Waals surface area contributed by atoms with Crippen LogP contribution < -0.4 is 0 Å². The van der Waals surface area contributed by atoms with E-state index >= 15 is 0 Å². The van der Waals surface area contributed by atoms with Gasteiger partial charge in [-0.2, -0.15) is 0 Å². The Labute approximate surface area is 211 Å². The maximum absolute atomic E-state index is 11.3. The van der Waals surface area contributed by atoms with E-state index in [4.69, 9.17) is 27.9 Å². The lowest BCUT2D eigenvalue weighted by Gasteiger charge is -2.26. The lowest BCUT2D eigenvalue weighted by atomic mass is 10.1. The average molecular weight is 511 g/mol. The van der Waals surface area contributed by atoms with Gasteiger partial charge in [-0.05, 0) is 29.8 Å². The van der Waals surface area contributed by atoms with Gasteiger partial charge in [0.2, 0.25) is 11.8 Å². The smallest absolute Gasteiger partial charge is 0.221 e. The van der Waals surface area contributed by atoms with Gasteiger partial charge in [-0.3, -0.25) is 9.47 Å². The van der Waals surface area contributed by atoms with Crippen LogP contribution in [0.25, 0.3) is 32.7 Å². The van der Waals surface area contributed by atoms with Crippen LogP contribution in [-0.4, -0.2) is 62.1 Å². The molecule has 6 rings (SSSR count). The van der Waals surface area contributed by atoms with Crippen molar-refractivity contribution in [3.63, 3.8) is 0 Å². The highest BCUT2D eigenvalue weighted by molar-refractivity contribution is 6.33. The minimum Gasteiger partial charge on any atom is -0.494 e. The zero-order valence-corrected chi connectivity index (χ0v) is 20.4. The standard InChI is InChI=1S/C26H24Cl2N4O3/c27-17-5-6-19(28)16(13-17)15-32-20-4-2-1-3-18(20)22-21(32)14-29-24-23(22)25(33)31(26(24)34)8-7-30-9-11-35-12-10-30/h1-6,13-14,33-34H,7-12,15H2. The summed E-state index contributed by atoms with van der Waals surface area (Å²) in [6, 6.07) is 13.4. The maximum Gasteiger partial charge on any atom is 0.221 e. The van der Waals surface area contributed by atoms with E-state index in [9.17, 15) is 10.2 Å². The van der Waals surface area contributed by atoms with Crippen molar-refractivity contribution >= 4 is 55.9 Å². The Balaban J connectivity index is 1.51. The van der Waals surface area contributed by atoms with Gasteiger partial charge in [0.15, 0.2) is 0 Å². The second-order valence-electron chi connectivity index (χ2n) is 8.83. The number of halogens is 2. The molecular weight excluding hydrogens is 487 g/mol. The molecule has 180 valence electrons. The molecule has 1 aliphatic heterocycles. The van der Waals surface area contributed by atoms with E-state index < -0.39 is 0 Å². The minimum atomic E-state index is -0.0256. The van der Waals surface area contributed by atoms with Gasteiger partial charge in [-0.1, -0.05) is 41.4 Å². The van der Waals surface area contributed by atoms with Gasteiger partial charge in [-0.25, -0.2) is 4.98 Å². The molecule has 3 aromatic heterocycles. The van der Waals surface area contributed by atoms with E-state index in [-0.39, 0.29) is 11.8 Å². The number of aromatic nitrogens is 3. The molecule has 7 nitrogen and oxygen atoms in total. The summed E-state index contributed by atoms with van der Waals surface area (Å²) >= 11 is 12.7. The number of hydrogen-bond acceptors (Lipinski definition) is 5. The number of ether oxygens (including phenoxy) is 1. The number of nitrogens with zero attached hydrogens (tertiary/aromatic N) is 4. The molecular formula is C26H24Cl2N4O3. The molecule has 1 saturated heterocycles. The van der Waals surface area contributed by atoms with Crippen molar-refractivity contribution in [2.24, 2.45) is 0 Å². The van der Waals surface area contributed by atoms with Gasteiger partial charge in [0.1, 0.15) is 5.52 Å². The summed E-state index contributed by atoms with van der Waals surface area (Å²) in [6.07, 6.45) is 1.75. The number of rotatable bonds is 5. The Morgan fingerprint density at radius 2 is 1.69 bits per heavy atom. The lowest BCUT2D eigenvalue weighted by molar-refractivity contribution is 0.0359. The third kappa shape index (κ3) is 3.79. The molecule has 4 heterocycles. The van der Waals surface area contributed by atoms with Crippen LogP contribution in [-0.2, 0) is 17.8 Å². The van der Waals surface area contributed by atoms with Crippen LogP contribution in [0.2, 0.25) is 10.0 Å². The summed E-state index contributed by atoms with van der Waals surface area (Å²) in [4.78, 5) is 6.84. The molecule has 5 aromatic rings.